The molecule has 0 bridgehead atoms. The standard InChI is InChI=1S/C21H22N4O3/c1-13-9-14(2)23-21(22-13)28-19-7-5-17(6-8-19)24-20(27)12-25-15(3)10-18(26)11-16(25)4/h5-11H,12H2,1-4H3,(H,24,27). The summed E-state index contributed by atoms with van der Waals surface area (Å²) < 4.78 is 7.47. The maximum absolute atomic E-state index is 12.4. The third-order valence-electron chi connectivity index (χ3n) is 4.16. The molecular formula is C21H22N4O3. The van der Waals surface area contributed by atoms with E-state index in [2.05, 4.69) is 15.3 Å². The average Bonchev–Trinajstić information content (AvgIpc) is 2.59. The van der Waals surface area contributed by atoms with Gasteiger partial charge in [-0.3, -0.25) is 9.59 Å². The van der Waals surface area contributed by atoms with Gasteiger partial charge in [0.2, 0.25) is 5.91 Å². The molecule has 1 amide bonds. The molecule has 2 heterocycles. The highest BCUT2D eigenvalue weighted by molar-refractivity contribution is 5.90. The molecule has 0 radical (unpaired) electrons. The molecule has 7 nitrogen and oxygen atoms in total. The van der Waals surface area contributed by atoms with Crippen LogP contribution in [0.2, 0.25) is 0 Å². The smallest absolute Gasteiger partial charge is 0.322 e. The van der Waals surface area contributed by atoms with Crippen LogP contribution in [0.4, 0.5) is 5.69 Å². The predicted molar refractivity (Wildman–Crippen MR) is 107 cm³/mol. The number of ether oxygens (including phenoxy) is 1. The Kier molecular flexibility index (Phi) is 5.54. The second-order valence-electron chi connectivity index (χ2n) is 6.67. The number of hydrogen-bond acceptors (Lipinski definition) is 5. The summed E-state index contributed by atoms with van der Waals surface area (Å²) in [4.78, 5) is 32.3. The minimum atomic E-state index is -0.179. The second kappa shape index (κ2) is 8.04. The Morgan fingerprint density at radius 3 is 2.11 bits per heavy atom. The largest absolute Gasteiger partial charge is 0.424 e. The van der Waals surface area contributed by atoms with Crippen molar-refractivity contribution < 1.29 is 9.53 Å². The predicted octanol–water partition coefficient (Wildman–Crippen LogP) is 3.30. The van der Waals surface area contributed by atoms with Gasteiger partial charge in [0, 0.05) is 40.6 Å². The number of benzene rings is 1. The number of rotatable bonds is 5. The first-order valence-electron chi connectivity index (χ1n) is 8.88. The van der Waals surface area contributed by atoms with Crippen LogP contribution in [-0.4, -0.2) is 20.4 Å². The zero-order valence-corrected chi connectivity index (χ0v) is 16.3. The maximum atomic E-state index is 12.4. The third kappa shape index (κ3) is 4.82. The molecule has 0 aliphatic rings. The fraction of sp³-hybridized carbons (Fsp3) is 0.238. The van der Waals surface area contributed by atoms with E-state index in [1.165, 1.54) is 12.1 Å². The molecule has 0 aliphatic heterocycles. The molecule has 0 unspecified atom stereocenters. The first-order valence-corrected chi connectivity index (χ1v) is 8.88. The van der Waals surface area contributed by atoms with Crippen LogP contribution in [-0.2, 0) is 11.3 Å². The lowest BCUT2D eigenvalue weighted by atomic mass is 10.2. The van der Waals surface area contributed by atoms with E-state index in [1.807, 2.05) is 33.8 Å². The molecule has 144 valence electrons. The van der Waals surface area contributed by atoms with E-state index in [1.54, 1.807) is 28.8 Å². The van der Waals surface area contributed by atoms with Crippen LogP contribution in [0.3, 0.4) is 0 Å². The summed E-state index contributed by atoms with van der Waals surface area (Å²) in [5.41, 5.74) is 3.75. The summed E-state index contributed by atoms with van der Waals surface area (Å²) in [6.45, 7) is 7.51. The van der Waals surface area contributed by atoms with Crippen molar-refractivity contribution in [3.05, 3.63) is 75.5 Å². The minimum absolute atomic E-state index is 0.0602. The van der Waals surface area contributed by atoms with Gasteiger partial charge in [0.15, 0.2) is 5.43 Å². The van der Waals surface area contributed by atoms with Gasteiger partial charge in [0.25, 0.3) is 0 Å². The van der Waals surface area contributed by atoms with Crippen LogP contribution in [0.1, 0.15) is 22.8 Å². The molecule has 0 saturated carbocycles. The molecule has 0 spiro atoms. The number of pyridine rings is 1. The highest BCUT2D eigenvalue weighted by Gasteiger charge is 2.08. The average molecular weight is 378 g/mol. The van der Waals surface area contributed by atoms with Gasteiger partial charge in [-0.2, -0.15) is 0 Å². The number of hydrogen-bond donors (Lipinski definition) is 1. The van der Waals surface area contributed by atoms with Crippen molar-refractivity contribution in [1.29, 1.82) is 0 Å². The number of nitrogens with one attached hydrogen (secondary N) is 1. The molecule has 7 heteroatoms. The molecule has 28 heavy (non-hydrogen) atoms. The highest BCUT2D eigenvalue weighted by atomic mass is 16.5. The van der Waals surface area contributed by atoms with Crippen LogP contribution < -0.4 is 15.5 Å². The monoisotopic (exact) mass is 378 g/mol. The van der Waals surface area contributed by atoms with Gasteiger partial charge in [-0.25, -0.2) is 9.97 Å². The number of aryl methyl sites for hydroxylation is 4. The molecule has 0 aliphatic carbocycles. The topological polar surface area (TPSA) is 86.1 Å². The lowest BCUT2D eigenvalue weighted by Crippen LogP contribution is -2.23. The molecule has 1 aromatic carbocycles. The first kappa shape index (κ1) is 19.3. The van der Waals surface area contributed by atoms with Crippen LogP contribution >= 0.6 is 0 Å². The van der Waals surface area contributed by atoms with E-state index in [9.17, 15) is 9.59 Å². The van der Waals surface area contributed by atoms with Crippen molar-refractivity contribution in [3.8, 4) is 11.8 Å². The van der Waals surface area contributed by atoms with Gasteiger partial charge in [-0.15, -0.1) is 0 Å². The number of amides is 1. The fourth-order valence-corrected chi connectivity index (χ4v) is 2.93. The summed E-state index contributed by atoms with van der Waals surface area (Å²) in [7, 11) is 0. The number of nitrogens with zero attached hydrogens (tertiary/aromatic N) is 3. The Labute approximate surface area is 163 Å². The van der Waals surface area contributed by atoms with Gasteiger partial charge in [-0.05, 0) is 58.0 Å². The van der Waals surface area contributed by atoms with Crippen LogP contribution in [0, 0.1) is 27.7 Å². The molecule has 0 saturated heterocycles. The van der Waals surface area contributed by atoms with Crippen LogP contribution in [0.5, 0.6) is 11.8 Å². The van der Waals surface area contributed by atoms with Gasteiger partial charge in [0.1, 0.15) is 12.3 Å². The van der Waals surface area contributed by atoms with Crippen molar-refractivity contribution in [2.75, 3.05) is 5.32 Å². The third-order valence-corrected chi connectivity index (χ3v) is 4.16. The van der Waals surface area contributed by atoms with E-state index in [0.717, 1.165) is 22.8 Å². The van der Waals surface area contributed by atoms with Gasteiger partial charge < -0.3 is 14.6 Å². The second-order valence-corrected chi connectivity index (χ2v) is 6.67. The van der Waals surface area contributed by atoms with E-state index >= 15 is 0 Å². The number of carbonyl (C=O) groups is 1. The van der Waals surface area contributed by atoms with Crippen molar-refractivity contribution in [1.82, 2.24) is 14.5 Å². The normalized spacial score (nSPS) is 10.6. The molecule has 0 atom stereocenters. The Morgan fingerprint density at radius 1 is 0.964 bits per heavy atom. The molecular weight excluding hydrogens is 356 g/mol. The van der Waals surface area contributed by atoms with Crippen LogP contribution in [0.25, 0.3) is 0 Å². The van der Waals surface area contributed by atoms with E-state index < -0.39 is 0 Å². The molecule has 0 fully saturated rings. The summed E-state index contributed by atoms with van der Waals surface area (Å²) in [6, 6.07) is 12.2. The SMILES string of the molecule is Cc1cc(C)nc(Oc2ccc(NC(=O)Cn3c(C)cc(=O)cc3C)cc2)n1. The number of anilines is 1. The molecule has 3 aromatic rings. The fourth-order valence-electron chi connectivity index (χ4n) is 2.93. The first-order chi connectivity index (χ1) is 13.3. The van der Waals surface area contributed by atoms with Gasteiger partial charge in [0.05, 0.1) is 0 Å². The Morgan fingerprint density at radius 2 is 1.54 bits per heavy atom. The Balaban J connectivity index is 1.65. The summed E-state index contributed by atoms with van der Waals surface area (Å²) in [6.07, 6.45) is 0. The zero-order valence-electron chi connectivity index (χ0n) is 16.3. The zero-order chi connectivity index (χ0) is 20.3. The van der Waals surface area contributed by atoms with E-state index in [-0.39, 0.29) is 17.9 Å². The van der Waals surface area contributed by atoms with Crippen LogP contribution in [0.15, 0.2) is 47.3 Å². The molecule has 1 N–H and O–H groups in total. The van der Waals surface area contributed by atoms with Gasteiger partial charge >= 0.3 is 6.01 Å². The molecule has 3 rings (SSSR count). The Bertz CT molecular complexity index is 1030. The maximum Gasteiger partial charge on any atom is 0.322 e. The van der Waals surface area contributed by atoms with E-state index in [4.69, 9.17) is 4.74 Å². The lowest BCUT2D eigenvalue weighted by Gasteiger charge is -2.14. The lowest BCUT2D eigenvalue weighted by molar-refractivity contribution is -0.116. The van der Waals surface area contributed by atoms with Crippen molar-refractivity contribution in [3.63, 3.8) is 0 Å². The number of aromatic nitrogens is 3. The summed E-state index contributed by atoms with van der Waals surface area (Å²) in [5, 5.41) is 2.84. The van der Waals surface area contributed by atoms with Crippen molar-refractivity contribution >= 4 is 11.6 Å². The summed E-state index contributed by atoms with van der Waals surface area (Å²) in [5.74, 6) is 0.399. The Hall–Kier alpha value is -3.48. The molecule has 2 aromatic heterocycles. The highest BCUT2D eigenvalue weighted by Crippen LogP contribution is 2.21. The van der Waals surface area contributed by atoms with E-state index in [0.29, 0.717) is 17.4 Å². The van der Waals surface area contributed by atoms with Crippen molar-refractivity contribution in [2.45, 2.75) is 34.2 Å². The quantitative estimate of drug-likeness (QED) is 0.736. The summed E-state index contributed by atoms with van der Waals surface area (Å²) >= 11 is 0. The van der Waals surface area contributed by atoms with Gasteiger partial charge in [-0.1, -0.05) is 0 Å². The van der Waals surface area contributed by atoms with Crippen molar-refractivity contribution in [2.24, 2.45) is 0 Å². The number of carbonyl (C=O) groups excluding carboxylic acids is 1. The minimum Gasteiger partial charge on any atom is -0.424 e.